The molecule has 3 heterocycles. The zero-order valence-corrected chi connectivity index (χ0v) is 21.2. The molecule has 4 aromatic rings. The SMILES string of the molecule is Cc1cccc(COc2ccc(Nc3ncnc4sc5c(c34)CCC(=O)C5=CN(C)C)cc2Cl)n1. The molecule has 0 bridgehead atoms. The molecule has 0 aliphatic heterocycles. The number of nitrogens with one attached hydrogen (secondary N) is 1. The molecule has 0 fully saturated rings. The highest BCUT2D eigenvalue weighted by molar-refractivity contribution is 7.20. The molecule has 0 unspecified atom stereocenters. The summed E-state index contributed by atoms with van der Waals surface area (Å²) in [7, 11) is 3.84. The Morgan fingerprint density at radius 3 is 2.83 bits per heavy atom. The van der Waals surface area contributed by atoms with Gasteiger partial charge in [-0.25, -0.2) is 9.97 Å². The first-order valence-electron chi connectivity index (χ1n) is 11.2. The second-order valence-corrected chi connectivity index (χ2v) is 9.98. The van der Waals surface area contributed by atoms with Gasteiger partial charge in [-0.1, -0.05) is 17.7 Å². The topological polar surface area (TPSA) is 80.2 Å². The minimum absolute atomic E-state index is 0.156. The van der Waals surface area contributed by atoms with Crippen LogP contribution < -0.4 is 10.1 Å². The normalized spacial score (nSPS) is 14.3. The number of anilines is 2. The van der Waals surface area contributed by atoms with Crippen LogP contribution in [0.2, 0.25) is 5.02 Å². The molecule has 0 spiro atoms. The van der Waals surface area contributed by atoms with E-state index in [0.717, 1.165) is 43.3 Å². The van der Waals surface area contributed by atoms with Crippen LogP contribution in [0.5, 0.6) is 5.75 Å². The lowest BCUT2D eigenvalue weighted by Crippen LogP contribution is -2.14. The number of carbonyl (C=O) groups is 1. The van der Waals surface area contributed by atoms with Gasteiger partial charge in [0.25, 0.3) is 0 Å². The molecule has 7 nitrogen and oxygen atoms in total. The second kappa shape index (κ2) is 9.64. The van der Waals surface area contributed by atoms with Gasteiger partial charge in [0.2, 0.25) is 0 Å². The summed E-state index contributed by atoms with van der Waals surface area (Å²) in [4.78, 5) is 29.8. The number of hydrogen-bond donors (Lipinski definition) is 1. The van der Waals surface area contributed by atoms with Gasteiger partial charge in [-0.3, -0.25) is 9.78 Å². The van der Waals surface area contributed by atoms with Crippen molar-refractivity contribution in [3.63, 3.8) is 0 Å². The van der Waals surface area contributed by atoms with E-state index in [9.17, 15) is 4.79 Å². The number of fused-ring (bicyclic) bond motifs is 3. The number of hydrogen-bond acceptors (Lipinski definition) is 8. The monoisotopic (exact) mass is 505 g/mol. The molecule has 0 saturated carbocycles. The number of thiophene rings is 1. The summed E-state index contributed by atoms with van der Waals surface area (Å²) >= 11 is 8.05. The fourth-order valence-corrected chi connectivity index (χ4v) is 5.55. The second-order valence-electron chi connectivity index (χ2n) is 8.57. The standard InChI is InChI=1S/C26H24ClN5O2S/c1-15-5-4-6-17(30-15)13-34-22-10-7-16(11-20(22)27)31-25-23-18-8-9-21(33)19(12-32(2)3)24(18)35-26(23)29-14-28-25/h4-7,10-12,14H,8-9,13H2,1-3H3,(H,28,29,31). The minimum Gasteiger partial charge on any atom is -0.486 e. The predicted octanol–water partition coefficient (Wildman–Crippen LogP) is 5.79. The number of pyridine rings is 1. The molecule has 0 saturated heterocycles. The quantitative estimate of drug-likeness (QED) is 0.332. The van der Waals surface area contributed by atoms with Crippen molar-refractivity contribution >= 4 is 56.0 Å². The molecule has 9 heteroatoms. The summed E-state index contributed by atoms with van der Waals surface area (Å²) in [5.41, 5.74) is 4.41. The van der Waals surface area contributed by atoms with Crippen LogP contribution in [0, 0.1) is 6.92 Å². The summed E-state index contributed by atoms with van der Waals surface area (Å²) in [6.07, 6.45) is 4.57. The average molecular weight is 506 g/mol. The summed E-state index contributed by atoms with van der Waals surface area (Å²) < 4.78 is 5.88. The van der Waals surface area contributed by atoms with Crippen molar-refractivity contribution in [1.29, 1.82) is 0 Å². The molecule has 178 valence electrons. The van der Waals surface area contributed by atoms with Crippen LogP contribution in [-0.4, -0.2) is 39.7 Å². The summed E-state index contributed by atoms with van der Waals surface area (Å²) in [6.45, 7) is 2.28. The van der Waals surface area contributed by atoms with Crippen LogP contribution in [0.4, 0.5) is 11.5 Å². The van der Waals surface area contributed by atoms with Crippen molar-refractivity contribution in [3.8, 4) is 5.75 Å². The summed E-state index contributed by atoms with van der Waals surface area (Å²) in [5.74, 6) is 1.43. The number of carbonyl (C=O) groups excluding carboxylic acids is 1. The van der Waals surface area contributed by atoms with Crippen LogP contribution in [0.1, 0.15) is 28.2 Å². The Balaban J connectivity index is 1.42. The number of Topliss-reactive ketones (excluding diaryl/α,β-unsaturated/α-hetero) is 1. The van der Waals surface area contributed by atoms with Gasteiger partial charge in [0.1, 0.15) is 29.3 Å². The van der Waals surface area contributed by atoms with Crippen LogP contribution in [0.3, 0.4) is 0 Å². The number of aromatic nitrogens is 3. The van der Waals surface area contributed by atoms with Crippen molar-refractivity contribution in [2.24, 2.45) is 0 Å². The molecule has 1 aliphatic carbocycles. The number of aryl methyl sites for hydroxylation is 2. The molecule has 1 aromatic carbocycles. The van der Waals surface area contributed by atoms with Gasteiger partial charge in [0.15, 0.2) is 5.78 Å². The molecule has 1 N–H and O–H groups in total. The fourth-order valence-electron chi connectivity index (χ4n) is 4.09. The number of benzene rings is 1. The first-order valence-corrected chi connectivity index (χ1v) is 12.4. The summed E-state index contributed by atoms with van der Waals surface area (Å²) in [5, 5.41) is 4.83. The highest BCUT2D eigenvalue weighted by Gasteiger charge is 2.28. The Morgan fingerprint density at radius 1 is 1.20 bits per heavy atom. The van der Waals surface area contributed by atoms with Crippen LogP contribution in [0.15, 0.2) is 48.9 Å². The van der Waals surface area contributed by atoms with E-state index in [1.54, 1.807) is 0 Å². The Bertz CT molecular complexity index is 1460. The molecule has 0 amide bonds. The smallest absolute Gasteiger partial charge is 0.166 e. The van der Waals surface area contributed by atoms with Crippen molar-refractivity contribution < 1.29 is 9.53 Å². The molecule has 0 atom stereocenters. The van der Waals surface area contributed by atoms with Gasteiger partial charge in [-0.15, -0.1) is 11.3 Å². The van der Waals surface area contributed by atoms with E-state index in [1.807, 2.05) is 68.5 Å². The van der Waals surface area contributed by atoms with E-state index in [1.165, 1.54) is 17.7 Å². The number of ether oxygens (including phenoxy) is 1. The highest BCUT2D eigenvalue weighted by Crippen LogP contribution is 2.42. The fraction of sp³-hybridized carbons (Fsp3) is 0.231. The van der Waals surface area contributed by atoms with Crippen LogP contribution in [-0.2, 0) is 17.8 Å². The Labute approximate surface area is 212 Å². The molecule has 1 aliphatic rings. The van der Waals surface area contributed by atoms with Gasteiger partial charge in [0, 0.05) is 43.0 Å². The summed E-state index contributed by atoms with van der Waals surface area (Å²) in [6, 6.07) is 11.4. The first-order chi connectivity index (χ1) is 16.9. The van der Waals surface area contributed by atoms with E-state index in [-0.39, 0.29) is 5.78 Å². The van der Waals surface area contributed by atoms with Crippen LogP contribution >= 0.6 is 22.9 Å². The Hall–Kier alpha value is -3.49. The molecular formula is C26H24ClN5O2S. The maximum atomic E-state index is 12.6. The maximum Gasteiger partial charge on any atom is 0.166 e. The van der Waals surface area contributed by atoms with Crippen molar-refractivity contribution in [1.82, 2.24) is 19.9 Å². The lowest BCUT2D eigenvalue weighted by Gasteiger charge is -2.17. The predicted molar refractivity (Wildman–Crippen MR) is 140 cm³/mol. The lowest BCUT2D eigenvalue weighted by molar-refractivity contribution is -0.113. The largest absolute Gasteiger partial charge is 0.486 e. The van der Waals surface area contributed by atoms with Gasteiger partial charge in [-0.05, 0) is 49.2 Å². The van der Waals surface area contributed by atoms with Gasteiger partial charge in [0.05, 0.1) is 21.7 Å². The van der Waals surface area contributed by atoms with Crippen molar-refractivity contribution in [3.05, 3.63) is 75.8 Å². The average Bonchev–Trinajstić information content (AvgIpc) is 3.20. The Kier molecular flexibility index (Phi) is 6.40. The number of nitrogens with zero attached hydrogens (tertiary/aromatic N) is 4. The Morgan fingerprint density at radius 2 is 2.06 bits per heavy atom. The van der Waals surface area contributed by atoms with E-state index < -0.39 is 0 Å². The van der Waals surface area contributed by atoms with Crippen molar-refractivity contribution in [2.75, 3.05) is 19.4 Å². The van der Waals surface area contributed by atoms with Crippen molar-refractivity contribution in [2.45, 2.75) is 26.4 Å². The zero-order valence-electron chi connectivity index (χ0n) is 19.6. The molecule has 5 rings (SSSR count). The van der Waals surface area contributed by atoms with E-state index >= 15 is 0 Å². The van der Waals surface area contributed by atoms with E-state index in [4.69, 9.17) is 16.3 Å². The third-order valence-corrected chi connectivity index (χ3v) is 7.11. The number of ketones is 1. The van der Waals surface area contributed by atoms with E-state index in [2.05, 4.69) is 20.3 Å². The highest BCUT2D eigenvalue weighted by atomic mass is 35.5. The minimum atomic E-state index is 0.156. The molecule has 35 heavy (non-hydrogen) atoms. The molecule has 3 aromatic heterocycles. The molecular weight excluding hydrogens is 482 g/mol. The number of halogens is 1. The number of rotatable bonds is 6. The van der Waals surface area contributed by atoms with Gasteiger partial charge in [-0.2, -0.15) is 0 Å². The number of allylic oxidation sites excluding steroid dienone is 1. The third-order valence-electron chi connectivity index (χ3n) is 5.64. The third kappa shape index (κ3) is 4.85. The van der Waals surface area contributed by atoms with E-state index in [0.29, 0.717) is 36.0 Å². The molecule has 0 radical (unpaired) electrons. The zero-order chi connectivity index (χ0) is 24.5. The van der Waals surface area contributed by atoms with Crippen LogP contribution in [0.25, 0.3) is 15.8 Å². The maximum absolute atomic E-state index is 12.6. The first kappa shape index (κ1) is 23.3. The van der Waals surface area contributed by atoms with Gasteiger partial charge >= 0.3 is 0 Å². The lowest BCUT2D eigenvalue weighted by atomic mass is 9.92. The van der Waals surface area contributed by atoms with Gasteiger partial charge < -0.3 is 15.0 Å².